The van der Waals surface area contributed by atoms with Crippen molar-refractivity contribution in [3.05, 3.63) is 30.3 Å². The highest BCUT2D eigenvalue weighted by atomic mass is 32.2. The van der Waals surface area contributed by atoms with Gasteiger partial charge in [-0.05, 0) is 18.6 Å². The van der Waals surface area contributed by atoms with Crippen molar-refractivity contribution in [1.82, 2.24) is 4.31 Å². The molecule has 6 nitrogen and oxygen atoms in total. The van der Waals surface area contributed by atoms with Crippen molar-refractivity contribution in [3.63, 3.8) is 0 Å². The zero-order valence-corrected chi connectivity index (χ0v) is 12.6. The largest absolute Gasteiger partial charge is 0.481 e. The minimum Gasteiger partial charge on any atom is -0.481 e. The summed E-state index contributed by atoms with van der Waals surface area (Å²) in [5.74, 6) is -1.05. The van der Waals surface area contributed by atoms with Gasteiger partial charge in [0.05, 0.1) is 5.75 Å². The standard InChI is InChI=1S/C14H20N2O4S/c17-14(18)7-4-12-21(19,20)16-10-8-15(9-11-16)13-5-2-1-3-6-13/h1-3,5-6H,4,7-12H2,(H,17,18). The van der Waals surface area contributed by atoms with E-state index in [1.165, 1.54) is 4.31 Å². The Kier molecular flexibility index (Phi) is 5.19. The molecule has 1 fully saturated rings. The van der Waals surface area contributed by atoms with Crippen LogP contribution in [0.2, 0.25) is 0 Å². The Bertz CT molecular complexity index is 566. The Balaban J connectivity index is 1.87. The van der Waals surface area contributed by atoms with Crippen LogP contribution in [-0.4, -0.2) is 55.7 Å². The van der Waals surface area contributed by atoms with Crippen LogP contribution < -0.4 is 4.90 Å². The third-order valence-electron chi connectivity index (χ3n) is 3.55. The summed E-state index contributed by atoms with van der Waals surface area (Å²) in [6.07, 6.45) is 0.0553. The van der Waals surface area contributed by atoms with Crippen molar-refractivity contribution < 1.29 is 18.3 Å². The van der Waals surface area contributed by atoms with Gasteiger partial charge in [-0.25, -0.2) is 8.42 Å². The van der Waals surface area contributed by atoms with E-state index < -0.39 is 16.0 Å². The lowest BCUT2D eigenvalue weighted by molar-refractivity contribution is -0.137. The van der Waals surface area contributed by atoms with Crippen LogP contribution in [0.25, 0.3) is 0 Å². The first-order valence-electron chi connectivity index (χ1n) is 6.99. The fourth-order valence-corrected chi connectivity index (χ4v) is 3.89. The molecule has 1 aliphatic rings. The fraction of sp³-hybridized carbons (Fsp3) is 0.500. The quantitative estimate of drug-likeness (QED) is 0.848. The van der Waals surface area contributed by atoms with E-state index in [-0.39, 0.29) is 18.6 Å². The molecule has 1 saturated heterocycles. The first-order valence-corrected chi connectivity index (χ1v) is 8.59. The Morgan fingerprint density at radius 1 is 1.10 bits per heavy atom. The molecule has 116 valence electrons. The van der Waals surface area contributed by atoms with Crippen molar-refractivity contribution in [2.75, 3.05) is 36.8 Å². The SMILES string of the molecule is O=C(O)CCCS(=O)(=O)N1CCN(c2ccccc2)CC1. The van der Waals surface area contributed by atoms with Crippen molar-refractivity contribution >= 4 is 21.7 Å². The number of carbonyl (C=O) groups is 1. The summed E-state index contributed by atoms with van der Waals surface area (Å²) in [6, 6.07) is 9.90. The van der Waals surface area contributed by atoms with Crippen LogP contribution in [0.1, 0.15) is 12.8 Å². The number of hydrogen-bond acceptors (Lipinski definition) is 4. The average Bonchev–Trinajstić information content (AvgIpc) is 2.48. The zero-order chi connectivity index (χ0) is 15.3. The van der Waals surface area contributed by atoms with E-state index >= 15 is 0 Å². The maximum Gasteiger partial charge on any atom is 0.303 e. The summed E-state index contributed by atoms with van der Waals surface area (Å²) in [7, 11) is -3.34. The second kappa shape index (κ2) is 6.91. The molecule has 1 heterocycles. The molecule has 1 aromatic carbocycles. The minimum atomic E-state index is -3.34. The van der Waals surface area contributed by atoms with Crippen molar-refractivity contribution in [3.8, 4) is 0 Å². The van der Waals surface area contributed by atoms with Gasteiger partial charge in [-0.15, -0.1) is 0 Å². The summed E-state index contributed by atoms with van der Waals surface area (Å²) < 4.78 is 25.7. The molecule has 0 unspecified atom stereocenters. The van der Waals surface area contributed by atoms with Crippen LogP contribution in [0.15, 0.2) is 30.3 Å². The summed E-state index contributed by atoms with van der Waals surface area (Å²) in [5, 5.41) is 8.57. The highest BCUT2D eigenvalue weighted by molar-refractivity contribution is 7.89. The average molecular weight is 312 g/mol. The topological polar surface area (TPSA) is 77.9 Å². The second-order valence-electron chi connectivity index (χ2n) is 5.03. The number of carboxylic acids is 1. The van der Waals surface area contributed by atoms with Crippen LogP contribution in [0, 0.1) is 0 Å². The lowest BCUT2D eigenvalue weighted by Gasteiger charge is -2.35. The summed E-state index contributed by atoms with van der Waals surface area (Å²) in [5.41, 5.74) is 1.10. The van der Waals surface area contributed by atoms with E-state index in [1.54, 1.807) is 0 Å². The van der Waals surface area contributed by atoms with Crippen molar-refractivity contribution in [2.45, 2.75) is 12.8 Å². The molecule has 0 bridgehead atoms. The molecule has 7 heteroatoms. The van der Waals surface area contributed by atoms with Gasteiger partial charge in [0.2, 0.25) is 10.0 Å². The number of sulfonamides is 1. The van der Waals surface area contributed by atoms with Crippen molar-refractivity contribution in [2.24, 2.45) is 0 Å². The first-order chi connectivity index (χ1) is 9.99. The number of nitrogens with zero attached hydrogens (tertiary/aromatic N) is 2. The van der Waals surface area contributed by atoms with E-state index in [1.807, 2.05) is 30.3 Å². The number of rotatable bonds is 6. The summed E-state index contributed by atoms with van der Waals surface area (Å²) in [4.78, 5) is 12.6. The lowest BCUT2D eigenvalue weighted by Crippen LogP contribution is -2.49. The molecule has 2 rings (SSSR count). The second-order valence-corrected chi connectivity index (χ2v) is 7.12. The van der Waals surface area contributed by atoms with Crippen LogP contribution in [-0.2, 0) is 14.8 Å². The zero-order valence-electron chi connectivity index (χ0n) is 11.8. The molecule has 0 aliphatic carbocycles. The monoisotopic (exact) mass is 312 g/mol. The maximum atomic E-state index is 12.1. The maximum absolute atomic E-state index is 12.1. The third-order valence-corrected chi connectivity index (χ3v) is 5.50. The van der Waals surface area contributed by atoms with Gasteiger partial charge < -0.3 is 10.0 Å². The van der Waals surface area contributed by atoms with Gasteiger partial charge in [0.15, 0.2) is 0 Å². The predicted octanol–water partition coefficient (Wildman–Crippen LogP) is 1.00. The smallest absolute Gasteiger partial charge is 0.303 e. The fourth-order valence-electron chi connectivity index (χ4n) is 2.40. The van der Waals surface area contributed by atoms with Gasteiger partial charge in [0.1, 0.15) is 0 Å². The normalized spacial score (nSPS) is 16.9. The molecule has 21 heavy (non-hydrogen) atoms. The van der Waals surface area contributed by atoms with E-state index in [0.717, 1.165) is 5.69 Å². The number of aliphatic carboxylic acids is 1. The first kappa shape index (κ1) is 15.8. The molecule has 1 aliphatic heterocycles. The molecule has 0 amide bonds. The van der Waals surface area contributed by atoms with Crippen LogP contribution in [0.5, 0.6) is 0 Å². The summed E-state index contributed by atoms with van der Waals surface area (Å²) in [6.45, 7) is 2.21. The van der Waals surface area contributed by atoms with Crippen LogP contribution >= 0.6 is 0 Å². The van der Waals surface area contributed by atoms with Gasteiger partial charge in [-0.2, -0.15) is 4.31 Å². The van der Waals surface area contributed by atoms with Gasteiger partial charge in [-0.3, -0.25) is 4.79 Å². The number of hydrogen-bond donors (Lipinski definition) is 1. The third kappa shape index (κ3) is 4.44. The number of piperazine rings is 1. The Morgan fingerprint density at radius 2 is 1.71 bits per heavy atom. The molecule has 0 saturated carbocycles. The molecule has 0 spiro atoms. The van der Waals surface area contributed by atoms with Gasteiger partial charge in [0, 0.05) is 38.3 Å². The predicted molar refractivity (Wildman–Crippen MR) is 80.9 cm³/mol. The molecule has 1 N–H and O–H groups in total. The number of para-hydroxylation sites is 1. The van der Waals surface area contributed by atoms with E-state index in [0.29, 0.717) is 26.2 Å². The van der Waals surface area contributed by atoms with E-state index in [9.17, 15) is 13.2 Å². The van der Waals surface area contributed by atoms with Crippen molar-refractivity contribution in [1.29, 1.82) is 0 Å². The molecule has 0 radical (unpaired) electrons. The molecule has 0 aromatic heterocycles. The van der Waals surface area contributed by atoms with Gasteiger partial charge in [-0.1, -0.05) is 18.2 Å². The molecule has 0 atom stereocenters. The van der Waals surface area contributed by atoms with E-state index in [4.69, 9.17) is 5.11 Å². The molecular formula is C14H20N2O4S. The van der Waals surface area contributed by atoms with Crippen LogP contribution in [0.3, 0.4) is 0 Å². The number of carboxylic acid groups (broad SMARTS) is 1. The number of anilines is 1. The van der Waals surface area contributed by atoms with E-state index in [2.05, 4.69) is 4.90 Å². The highest BCUT2D eigenvalue weighted by Crippen LogP contribution is 2.17. The van der Waals surface area contributed by atoms with Crippen LogP contribution in [0.4, 0.5) is 5.69 Å². The highest BCUT2D eigenvalue weighted by Gasteiger charge is 2.26. The Morgan fingerprint density at radius 3 is 2.29 bits per heavy atom. The minimum absolute atomic E-state index is 0.0926. The molecular weight excluding hydrogens is 292 g/mol. The van der Waals surface area contributed by atoms with Gasteiger partial charge in [0.25, 0.3) is 0 Å². The summed E-state index contributed by atoms with van der Waals surface area (Å²) >= 11 is 0. The Hall–Kier alpha value is -1.60. The van der Waals surface area contributed by atoms with Gasteiger partial charge >= 0.3 is 5.97 Å². The lowest BCUT2D eigenvalue weighted by atomic mass is 10.2. The molecule has 1 aromatic rings. The Labute approximate surface area is 125 Å². The number of benzene rings is 1.